The van der Waals surface area contributed by atoms with Gasteiger partial charge in [0.15, 0.2) is 0 Å². The zero-order chi connectivity index (χ0) is 11.8. The standard InChI is InChI=1S/C11H18N2O3/c1-9(10-4-3-6-16-10)13-8-11(14)12-5-7-15-2/h3-4,6,9,13H,5,7-8H2,1-2H3,(H,12,14). The first kappa shape index (κ1) is 12.7. The molecule has 1 unspecified atom stereocenters. The minimum absolute atomic E-state index is 0.0307. The largest absolute Gasteiger partial charge is 0.468 e. The Balaban J connectivity index is 2.16. The van der Waals surface area contributed by atoms with E-state index in [1.54, 1.807) is 13.4 Å². The molecule has 0 saturated heterocycles. The van der Waals surface area contributed by atoms with Crippen LogP contribution in [0.3, 0.4) is 0 Å². The normalized spacial score (nSPS) is 12.4. The molecule has 0 aliphatic carbocycles. The number of ether oxygens (including phenoxy) is 1. The smallest absolute Gasteiger partial charge is 0.234 e. The Kier molecular flexibility index (Phi) is 5.60. The van der Waals surface area contributed by atoms with Crippen molar-refractivity contribution in [3.05, 3.63) is 24.2 Å². The van der Waals surface area contributed by atoms with Crippen molar-refractivity contribution >= 4 is 5.91 Å². The number of carbonyl (C=O) groups excluding carboxylic acids is 1. The summed E-state index contributed by atoms with van der Waals surface area (Å²) < 4.78 is 10.0. The second-order valence-electron chi connectivity index (χ2n) is 3.46. The Labute approximate surface area is 95.2 Å². The summed E-state index contributed by atoms with van der Waals surface area (Å²) in [7, 11) is 1.60. The van der Waals surface area contributed by atoms with Gasteiger partial charge in [-0.3, -0.25) is 10.1 Å². The molecule has 0 aromatic carbocycles. The molecule has 1 aromatic rings. The second kappa shape index (κ2) is 7.03. The molecule has 1 atom stereocenters. The van der Waals surface area contributed by atoms with Gasteiger partial charge < -0.3 is 14.5 Å². The van der Waals surface area contributed by atoms with Gasteiger partial charge in [-0.05, 0) is 19.1 Å². The van der Waals surface area contributed by atoms with Gasteiger partial charge in [-0.15, -0.1) is 0 Å². The van der Waals surface area contributed by atoms with Gasteiger partial charge in [-0.1, -0.05) is 0 Å². The summed E-state index contributed by atoms with van der Waals surface area (Å²) in [6, 6.07) is 3.73. The van der Waals surface area contributed by atoms with Gasteiger partial charge in [0.1, 0.15) is 5.76 Å². The van der Waals surface area contributed by atoms with Crippen LogP contribution in [0.1, 0.15) is 18.7 Å². The molecule has 1 aromatic heterocycles. The van der Waals surface area contributed by atoms with E-state index in [-0.39, 0.29) is 18.5 Å². The lowest BCUT2D eigenvalue weighted by Gasteiger charge is -2.11. The van der Waals surface area contributed by atoms with Crippen molar-refractivity contribution in [1.29, 1.82) is 0 Å². The van der Waals surface area contributed by atoms with Crippen molar-refractivity contribution in [2.24, 2.45) is 0 Å². The van der Waals surface area contributed by atoms with Crippen molar-refractivity contribution in [2.45, 2.75) is 13.0 Å². The number of rotatable bonds is 7. The predicted octanol–water partition coefficient (Wildman–Crippen LogP) is 0.693. The molecule has 5 nitrogen and oxygen atoms in total. The third kappa shape index (κ3) is 4.46. The SMILES string of the molecule is COCCNC(=O)CNC(C)c1ccco1. The molecule has 0 saturated carbocycles. The predicted molar refractivity (Wildman–Crippen MR) is 60.0 cm³/mol. The third-order valence-corrected chi connectivity index (χ3v) is 2.17. The molecular weight excluding hydrogens is 208 g/mol. The number of furan rings is 1. The summed E-state index contributed by atoms with van der Waals surface area (Å²) in [5.41, 5.74) is 0. The quantitative estimate of drug-likeness (QED) is 0.671. The molecule has 0 aliphatic rings. The van der Waals surface area contributed by atoms with Crippen LogP contribution in [-0.2, 0) is 9.53 Å². The lowest BCUT2D eigenvalue weighted by atomic mass is 10.2. The highest BCUT2D eigenvalue weighted by atomic mass is 16.5. The molecule has 16 heavy (non-hydrogen) atoms. The first-order chi connectivity index (χ1) is 7.74. The second-order valence-corrected chi connectivity index (χ2v) is 3.46. The fourth-order valence-corrected chi connectivity index (χ4v) is 1.24. The Morgan fingerprint density at radius 3 is 3.06 bits per heavy atom. The minimum atomic E-state index is -0.0459. The third-order valence-electron chi connectivity index (χ3n) is 2.17. The minimum Gasteiger partial charge on any atom is -0.468 e. The molecule has 1 rings (SSSR count). The van der Waals surface area contributed by atoms with Crippen LogP contribution in [0.5, 0.6) is 0 Å². The fraction of sp³-hybridized carbons (Fsp3) is 0.545. The van der Waals surface area contributed by atoms with E-state index < -0.39 is 0 Å². The van der Waals surface area contributed by atoms with Crippen molar-refractivity contribution in [3.8, 4) is 0 Å². The van der Waals surface area contributed by atoms with Gasteiger partial charge in [0.05, 0.1) is 25.5 Å². The van der Waals surface area contributed by atoms with Crippen LogP contribution in [-0.4, -0.2) is 32.7 Å². The van der Waals surface area contributed by atoms with Gasteiger partial charge in [-0.25, -0.2) is 0 Å². The molecule has 1 amide bonds. The van der Waals surface area contributed by atoms with Crippen molar-refractivity contribution in [2.75, 3.05) is 26.8 Å². The van der Waals surface area contributed by atoms with Gasteiger partial charge >= 0.3 is 0 Å². The maximum Gasteiger partial charge on any atom is 0.234 e. The Morgan fingerprint density at radius 2 is 2.44 bits per heavy atom. The molecular formula is C11H18N2O3. The van der Waals surface area contributed by atoms with E-state index in [0.29, 0.717) is 13.2 Å². The monoisotopic (exact) mass is 226 g/mol. The molecule has 2 N–H and O–H groups in total. The lowest BCUT2D eigenvalue weighted by Crippen LogP contribution is -2.36. The molecule has 0 spiro atoms. The van der Waals surface area contributed by atoms with Gasteiger partial charge in [-0.2, -0.15) is 0 Å². The number of nitrogens with one attached hydrogen (secondary N) is 2. The zero-order valence-electron chi connectivity index (χ0n) is 9.66. The number of hydrogen-bond donors (Lipinski definition) is 2. The van der Waals surface area contributed by atoms with E-state index in [0.717, 1.165) is 5.76 Å². The average molecular weight is 226 g/mol. The first-order valence-corrected chi connectivity index (χ1v) is 5.26. The van der Waals surface area contributed by atoms with Crippen LogP contribution < -0.4 is 10.6 Å². The van der Waals surface area contributed by atoms with Crippen LogP contribution in [0.25, 0.3) is 0 Å². The van der Waals surface area contributed by atoms with Crippen molar-refractivity contribution < 1.29 is 13.9 Å². The van der Waals surface area contributed by atoms with Crippen LogP contribution >= 0.6 is 0 Å². The van der Waals surface area contributed by atoms with Crippen LogP contribution in [0, 0.1) is 0 Å². The topological polar surface area (TPSA) is 63.5 Å². The van der Waals surface area contributed by atoms with Gasteiger partial charge in [0.2, 0.25) is 5.91 Å². The van der Waals surface area contributed by atoms with E-state index in [1.165, 1.54) is 0 Å². The van der Waals surface area contributed by atoms with Gasteiger partial charge in [0, 0.05) is 13.7 Å². The first-order valence-electron chi connectivity index (χ1n) is 5.26. The van der Waals surface area contributed by atoms with E-state index in [1.807, 2.05) is 19.1 Å². The maximum atomic E-state index is 11.3. The summed E-state index contributed by atoms with van der Waals surface area (Å²) in [6.45, 7) is 3.28. The summed E-state index contributed by atoms with van der Waals surface area (Å²) >= 11 is 0. The van der Waals surface area contributed by atoms with Gasteiger partial charge in [0.25, 0.3) is 0 Å². The number of amides is 1. The Morgan fingerprint density at radius 1 is 1.62 bits per heavy atom. The fourth-order valence-electron chi connectivity index (χ4n) is 1.24. The number of carbonyl (C=O) groups is 1. The zero-order valence-corrected chi connectivity index (χ0v) is 9.66. The average Bonchev–Trinajstić information content (AvgIpc) is 2.79. The molecule has 0 bridgehead atoms. The molecule has 0 fully saturated rings. The van der Waals surface area contributed by atoms with Crippen molar-refractivity contribution in [3.63, 3.8) is 0 Å². The number of hydrogen-bond acceptors (Lipinski definition) is 4. The summed E-state index contributed by atoms with van der Waals surface area (Å²) in [6.07, 6.45) is 1.62. The highest BCUT2D eigenvalue weighted by molar-refractivity contribution is 5.77. The molecule has 1 heterocycles. The van der Waals surface area contributed by atoms with E-state index in [2.05, 4.69) is 10.6 Å². The summed E-state index contributed by atoms with van der Waals surface area (Å²) in [4.78, 5) is 11.3. The van der Waals surface area contributed by atoms with E-state index in [9.17, 15) is 4.79 Å². The maximum absolute atomic E-state index is 11.3. The highest BCUT2D eigenvalue weighted by Crippen LogP contribution is 2.11. The highest BCUT2D eigenvalue weighted by Gasteiger charge is 2.09. The number of methoxy groups -OCH3 is 1. The Hall–Kier alpha value is -1.33. The molecule has 0 radical (unpaired) electrons. The molecule has 5 heteroatoms. The lowest BCUT2D eigenvalue weighted by molar-refractivity contribution is -0.120. The van der Waals surface area contributed by atoms with E-state index in [4.69, 9.17) is 9.15 Å². The van der Waals surface area contributed by atoms with Crippen LogP contribution in [0.15, 0.2) is 22.8 Å². The summed E-state index contributed by atoms with van der Waals surface area (Å²) in [5.74, 6) is 0.778. The molecule has 90 valence electrons. The van der Waals surface area contributed by atoms with Crippen LogP contribution in [0.4, 0.5) is 0 Å². The van der Waals surface area contributed by atoms with E-state index >= 15 is 0 Å². The summed E-state index contributed by atoms with van der Waals surface area (Å²) in [5, 5.41) is 5.79. The Bertz CT molecular complexity index is 298. The molecule has 0 aliphatic heterocycles. The van der Waals surface area contributed by atoms with Crippen molar-refractivity contribution in [1.82, 2.24) is 10.6 Å². The van der Waals surface area contributed by atoms with Crippen LogP contribution in [0.2, 0.25) is 0 Å².